The van der Waals surface area contributed by atoms with E-state index < -0.39 is 12.6 Å². The fraction of sp³-hybridized carbons (Fsp3) is 0.591. The minimum Gasteiger partial charge on any atom is -0.493 e. The van der Waals surface area contributed by atoms with Crippen LogP contribution in [0.25, 0.3) is 0 Å². The predicted octanol–water partition coefficient (Wildman–Crippen LogP) is 3.30. The maximum absolute atomic E-state index is 12.7. The van der Waals surface area contributed by atoms with Gasteiger partial charge in [0.1, 0.15) is 0 Å². The number of nitrogens with one attached hydrogen (secondary N) is 2. The Bertz CT molecular complexity index is 743. The van der Waals surface area contributed by atoms with Crippen LogP contribution in [0.15, 0.2) is 12.1 Å². The average molecular weight is 421 g/mol. The van der Waals surface area contributed by atoms with Crippen molar-refractivity contribution in [2.45, 2.75) is 51.9 Å². The van der Waals surface area contributed by atoms with Crippen molar-refractivity contribution in [3.8, 4) is 11.5 Å². The van der Waals surface area contributed by atoms with Crippen LogP contribution in [0, 0.1) is 5.92 Å². The van der Waals surface area contributed by atoms with E-state index >= 15 is 0 Å². The number of hydrogen-bond donors (Lipinski definition) is 2. The van der Waals surface area contributed by atoms with E-state index in [2.05, 4.69) is 10.6 Å². The number of carbonyl (C=O) groups excluding carboxylic acids is 3. The highest BCUT2D eigenvalue weighted by molar-refractivity contribution is 6.03. The number of carbonyl (C=O) groups is 3. The lowest BCUT2D eigenvalue weighted by molar-refractivity contribution is -0.124. The number of ether oxygens (including phenoxy) is 3. The number of hydrogen-bond acceptors (Lipinski definition) is 6. The summed E-state index contributed by atoms with van der Waals surface area (Å²) in [5.41, 5.74) is 0.387. The molecule has 0 saturated heterocycles. The summed E-state index contributed by atoms with van der Waals surface area (Å²) in [5, 5.41) is 5.53. The van der Waals surface area contributed by atoms with Crippen LogP contribution >= 0.6 is 0 Å². The quantitative estimate of drug-likeness (QED) is 0.445. The standard InChI is InChI=1S/C22H32N2O6/c1-4-5-11-23-20(25)14-30-22(27)16-12-18(28-2)19(29-3)13-17(16)24-21(26)15-9-7-6-8-10-15/h12-13,15H,4-11,14H2,1-3H3,(H,23,25)(H,24,26). The summed E-state index contributed by atoms with van der Waals surface area (Å²) >= 11 is 0. The van der Waals surface area contributed by atoms with Crippen LogP contribution in [-0.2, 0) is 14.3 Å². The zero-order valence-corrected chi connectivity index (χ0v) is 18.0. The molecule has 1 aromatic carbocycles. The van der Waals surface area contributed by atoms with Crippen LogP contribution in [-0.4, -0.2) is 45.2 Å². The first-order chi connectivity index (χ1) is 14.5. The van der Waals surface area contributed by atoms with E-state index in [-0.39, 0.29) is 29.0 Å². The number of unbranched alkanes of at least 4 members (excludes halogenated alkanes) is 1. The van der Waals surface area contributed by atoms with Gasteiger partial charge >= 0.3 is 5.97 Å². The van der Waals surface area contributed by atoms with Crippen molar-refractivity contribution in [2.75, 3.05) is 32.7 Å². The summed E-state index contributed by atoms with van der Waals surface area (Å²) < 4.78 is 15.7. The second-order valence-corrected chi connectivity index (χ2v) is 7.36. The first-order valence-electron chi connectivity index (χ1n) is 10.5. The van der Waals surface area contributed by atoms with E-state index in [0.29, 0.717) is 18.0 Å². The van der Waals surface area contributed by atoms with E-state index in [9.17, 15) is 14.4 Å². The molecule has 0 atom stereocenters. The largest absolute Gasteiger partial charge is 0.493 e. The normalized spacial score (nSPS) is 14.0. The number of amides is 2. The second kappa shape index (κ2) is 12.0. The van der Waals surface area contributed by atoms with Crippen molar-refractivity contribution in [1.82, 2.24) is 5.32 Å². The Kier molecular flexibility index (Phi) is 9.44. The molecule has 166 valence electrons. The Labute approximate surface area is 177 Å². The first-order valence-corrected chi connectivity index (χ1v) is 10.5. The van der Waals surface area contributed by atoms with Gasteiger partial charge in [0, 0.05) is 24.6 Å². The number of methoxy groups -OCH3 is 2. The molecule has 0 aliphatic heterocycles. The Morgan fingerprint density at radius 1 is 1.03 bits per heavy atom. The topological polar surface area (TPSA) is 103 Å². The fourth-order valence-electron chi connectivity index (χ4n) is 3.42. The van der Waals surface area contributed by atoms with Crippen molar-refractivity contribution < 1.29 is 28.6 Å². The van der Waals surface area contributed by atoms with Gasteiger partial charge in [-0.05, 0) is 19.3 Å². The maximum Gasteiger partial charge on any atom is 0.340 e. The summed E-state index contributed by atoms with van der Waals surface area (Å²) in [4.78, 5) is 37.2. The number of anilines is 1. The molecular formula is C22H32N2O6. The molecule has 1 aliphatic rings. The van der Waals surface area contributed by atoms with Crippen LogP contribution in [0.3, 0.4) is 0 Å². The van der Waals surface area contributed by atoms with E-state index in [0.717, 1.165) is 44.9 Å². The maximum atomic E-state index is 12.7. The summed E-state index contributed by atoms with van der Waals surface area (Å²) in [6.45, 7) is 2.16. The van der Waals surface area contributed by atoms with Gasteiger partial charge in [-0.3, -0.25) is 9.59 Å². The van der Waals surface area contributed by atoms with Crippen molar-refractivity contribution in [3.63, 3.8) is 0 Å². The van der Waals surface area contributed by atoms with Crippen LogP contribution in [0.1, 0.15) is 62.2 Å². The lowest BCUT2D eigenvalue weighted by Gasteiger charge is -2.22. The third-order valence-electron chi connectivity index (χ3n) is 5.16. The highest BCUT2D eigenvalue weighted by Gasteiger charge is 2.25. The van der Waals surface area contributed by atoms with Gasteiger partial charge in [0.25, 0.3) is 5.91 Å². The number of benzene rings is 1. The molecular weight excluding hydrogens is 388 g/mol. The van der Waals surface area contributed by atoms with Gasteiger partial charge in [-0.1, -0.05) is 32.6 Å². The molecule has 8 heteroatoms. The van der Waals surface area contributed by atoms with Gasteiger partial charge in [-0.2, -0.15) is 0 Å². The SMILES string of the molecule is CCCCNC(=O)COC(=O)c1cc(OC)c(OC)cc1NC(=O)C1CCCCC1. The predicted molar refractivity (Wildman–Crippen MR) is 113 cm³/mol. The molecule has 30 heavy (non-hydrogen) atoms. The highest BCUT2D eigenvalue weighted by Crippen LogP contribution is 2.34. The van der Waals surface area contributed by atoms with Gasteiger partial charge in [-0.15, -0.1) is 0 Å². The molecule has 0 radical (unpaired) electrons. The van der Waals surface area contributed by atoms with Gasteiger partial charge in [0.15, 0.2) is 18.1 Å². The van der Waals surface area contributed by atoms with E-state index in [1.54, 1.807) is 0 Å². The van der Waals surface area contributed by atoms with Gasteiger partial charge < -0.3 is 24.8 Å². The molecule has 0 bridgehead atoms. The first kappa shape index (κ1) is 23.5. The molecule has 0 aromatic heterocycles. The molecule has 0 spiro atoms. The molecule has 2 rings (SSSR count). The zero-order valence-electron chi connectivity index (χ0n) is 18.0. The fourth-order valence-corrected chi connectivity index (χ4v) is 3.42. The monoisotopic (exact) mass is 420 g/mol. The molecule has 0 unspecified atom stereocenters. The van der Waals surface area contributed by atoms with Crippen LogP contribution in [0.4, 0.5) is 5.69 Å². The third-order valence-corrected chi connectivity index (χ3v) is 5.16. The van der Waals surface area contributed by atoms with E-state index in [1.807, 2.05) is 6.92 Å². The highest BCUT2D eigenvalue weighted by atomic mass is 16.5. The molecule has 1 saturated carbocycles. The van der Waals surface area contributed by atoms with Gasteiger partial charge in [-0.25, -0.2) is 4.79 Å². The summed E-state index contributed by atoms with van der Waals surface area (Å²) in [7, 11) is 2.93. The van der Waals surface area contributed by atoms with Crippen molar-refractivity contribution in [1.29, 1.82) is 0 Å². The molecule has 2 amide bonds. The lowest BCUT2D eigenvalue weighted by Crippen LogP contribution is -2.30. The molecule has 1 fully saturated rings. The summed E-state index contributed by atoms with van der Waals surface area (Å²) in [6, 6.07) is 2.99. The minimum atomic E-state index is -0.722. The van der Waals surface area contributed by atoms with E-state index in [1.165, 1.54) is 26.4 Å². The zero-order chi connectivity index (χ0) is 21.9. The molecule has 2 N–H and O–H groups in total. The van der Waals surface area contributed by atoms with E-state index in [4.69, 9.17) is 14.2 Å². The molecule has 0 heterocycles. The number of rotatable bonds is 10. The molecule has 1 aliphatic carbocycles. The minimum absolute atomic E-state index is 0.0833. The Morgan fingerprint density at radius 2 is 1.70 bits per heavy atom. The Hall–Kier alpha value is -2.77. The van der Waals surface area contributed by atoms with Crippen LogP contribution in [0.2, 0.25) is 0 Å². The van der Waals surface area contributed by atoms with Crippen molar-refractivity contribution >= 4 is 23.5 Å². The summed E-state index contributed by atoms with van der Waals surface area (Å²) in [6.07, 6.45) is 6.65. The Morgan fingerprint density at radius 3 is 2.33 bits per heavy atom. The average Bonchev–Trinajstić information content (AvgIpc) is 2.77. The van der Waals surface area contributed by atoms with Gasteiger partial charge in [0.05, 0.1) is 25.5 Å². The number of esters is 1. The van der Waals surface area contributed by atoms with Crippen LogP contribution < -0.4 is 20.1 Å². The smallest absolute Gasteiger partial charge is 0.340 e. The third kappa shape index (κ3) is 6.64. The molecule has 1 aromatic rings. The Balaban J connectivity index is 2.15. The lowest BCUT2D eigenvalue weighted by atomic mass is 9.88. The second-order valence-electron chi connectivity index (χ2n) is 7.36. The summed E-state index contributed by atoms with van der Waals surface area (Å²) in [5.74, 6) is -0.600. The van der Waals surface area contributed by atoms with Gasteiger partial charge in [0.2, 0.25) is 5.91 Å². The van der Waals surface area contributed by atoms with Crippen molar-refractivity contribution in [3.05, 3.63) is 17.7 Å². The molecule has 8 nitrogen and oxygen atoms in total. The van der Waals surface area contributed by atoms with Crippen LogP contribution in [0.5, 0.6) is 11.5 Å². The van der Waals surface area contributed by atoms with Crippen molar-refractivity contribution in [2.24, 2.45) is 5.92 Å².